The van der Waals surface area contributed by atoms with E-state index in [4.69, 9.17) is 0 Å². The fourth-order valence-corrected chi connectivity index (χ4v) is 4.33. The van der Waals surface area contributed by atoms with Gasteiger partial charge >= 0.3 is 0 Å². The van der Waals surface area contributed by atoms with E-state index in [1.54, 1.807) is 0 Å². The second-order valence-corrected chi connectivity index (χ2v) is 6.20. The fourth-order valence-electron chi connectivity index (χ4n) is 3.17. The monoisotopic (exact) mass is 197 g/mol. The van der Waals surface area contributed by atoms with Gasteiger partial charge < -0.3 is 5.32 Å². The molecule has 0 aromatic rings. The lowest BCUT2D eigenvalue weighted by Crippen LogP contribution is -2.33. The van der Waals surface area contributed by atoms with E-state index in [0.29, 0.717) is 0 Å². The van der Waals surface area contributed by atoms with Crippen LogP contribution in [0.15, 0.2) is 0 Å². The average Bonchev–Trinajstić information content (AvgIpc) is 2.60. The van der Waals surface area contributed by atoms with E-state index in [0.717, 1.165) is 17.5 Å². The lowest BCUT2D eigenvalue weighted by atomic mass is 10.0. The first kappa shape index (κ1) is 8.60. The molecule has 1 nitrogen and oxygen atoms in total. The van der Waals surface area contributed by atoms with Crippen LogP contribution in [0, 0.1) is 5.41 Å². The van der Waals surface area contributed by atoms with Gasteiger partial charge in [-0.05, 0) is 36.9 Å². The Hall–Kier alpha value is 0.310. The minimum Gasteiger partial charge on any atom is -0.310 e. The van der Waals surface area contributed by atoms with Crippen molar-refractivity contribution in [2.75, 3.05) is 11.5 Å². The molecular formula is C11H19NS. The molecule has 2 atom stereocenters. The largest absolute Gasteiger partial charge is 0.310 e. The number of rotatable bonds is 2. The van der Waals surface area contributed by atoms with Gasteiger partial charge in [-0.15, -0.1) is 0 Å². The summed E-state index contributed by atoms with van der Waals surface area (Å²) in [6.07, 6.45) is 8.94. The van der Waals surface area contributed by atoms with Gasteiger partial charge in [0.05, 0.1) is 0 Å². The number of hydrogen-bond acceptors (Lipinski definition) is 2. The van der Waals surface area contributed by atoms with Crippen LogP contribution in [0.3, 0.4) is 0 Å². The Bertz CT molecular complexity index is 192. The predicted molar refractivity (Wildman–Crippen MR) is 58.2 cm³/mol. The van der Waals surface area contributed by atoms with Crippen LogP contribution >= 0.6 is 11.8 Å². The van der Waals surface area contributed by atoms with Gasteiger partial charge in [0, 0.05) is 17.8 Å². The molecule has 13 heavy (non-hydrogen) atoms. The van der Waals surface area contributed by atoms with Crippen LogP contribution in [0.2, 0.25) is 0 Å². The zero-order chi connectivity index (χ0) is 8.73. The molecule has 0 bridgehead atoms. The average molecular weight is 197 g/mol. The maximum Gasteiger partial charge on any atom is 0.0168 e. The Morgan fingerprint density at radius 3 is 2.77 bits per heavy atom. The quantitative estimate of drug-likeness (QED) is 0.729. The van der Waals surface area contributed by atoms with Crippen molar-refractivity contribution in [3.63, 3.8) is 0 Å². The van der Waals surface area contributed by atoms with Crippen LogP contribution in [0.25, 0.3) is 0 Å². The topological polar surface area (TPSA) is 12.0 Å². The van der Waals surface area contributed by atoms with Crippen LogP contribution in [-0.2, 0) is 0 Å². The zero-order valence-corrected chi connectivity index (χ0v) is 9.04. The molecule has 3 rings (SSSR count). The van der Waals surface area contributed by atoms with Gasteiger partial charge in [-0.2, -0.15) is 11.8 Å². The summed E-state index contributed by atoms with van der Waals surface area (Å²) in [5.41, 5.74) is 0.799. The smallest absolute Gasteiger partial charge is 0.0168 e. The van der Waals surface area contributed by atoms with Gasteiger partial charge in [0.25, 0.3) is 0 Å². The molecule has 2 unspecified atom stereocenters. The molecule has 1 N–H and O–H groups in total. The number of nitrogens with one attached hydrogen (secondary N) is 1. The number of thioether (sulfide) groups is 1. The highest BCUT2D eigenvalue weighted by Crippen LogP contribution is 2.58. The summed E-state index contributed by atoms with van der Waals surface area (Å²) in [7, 11) is 0. The van der Waals surface area contributed by atoms with E-state index in [-0.39, 0.29) is 0 Å². The van der Waals surface area contributed by atoms with E-state index in [2.05, 4.69) is 17.1 Å². The van der Waals surface area contributed by atoms with Crippen molar-refractivity contribution in [3.8, 4) is 0 Å². The first-order chi connectivity index (χ1) is 6.39. The van der Waals surface area contributed by atoms with Crippen LogP contribution < -0.4 is 5.32 Å². The molecule has 1 heterocycles. The van der Waals surface area contributed by atoms with Gasteiger partial charge in [0.2, 0.25) is 0 Å². The Morgan fingerprint density at radius 2 is 2.08 bits per heavy atom. The van der Waals surface area contributed by atoms with Crippen molar-refractivity contribution in [3.05, 3.63) is 0 Å². The van der Waals surface area contributed by atoms with Crippen LogP contribution in [0.4, 0.5) is 0 Å². The predicted octanol–water partition coefficient (Wildman–Crippen LogP) is 2.41. The van der Waals surface area contributed by atoms with Crippen molar-refractivity contribution < 1.29 is 0 Å². The Morgan fingerprint density at radius 1 is 1.23 bits per heavy atom. The molecule has 1 saturated heterocycles. The van der Waals surface area contributed by atoms with Gasteiger partial charge in [0.15, 0.2) is 0 Å². The molecule has 1 spiro atoms. The zero-order valence-electron chi connectivity index (χ0n) is 8.22. The van der Waals surface area contributed by atoms with Crippen LogP contribution in [0.5, 0.6) is 0 Å². The lowest BCUT2D eigenvalue weighted by Gasteiger charge is -2.14. The third-order valence-corrected chi connectivity index (χ3v) is 5.32. The maximum atomic E-state index is 3.86. The lowest BCUT2D eigenvalue weighted by molar-refractivity contribution is 0.439. The SMILES string of the molecule is C1CCC2(C1)CC2NC1CCSC1. The fraction of sp³-hybridized carbons (Fsp3) is 1.00. The summed E-state index contributed by atoms with van der Waals surface area (Å²) in [5.74, 6) is 2.75. The van der Waals surface area contributed by atoms with Gasteiger partial charge in [-0.25, -0.2) is 0 Å². The molecule has 2 aliphatic carbocycles. The van der Waals surface area contributed by atoms with Gasteiger partial charge in [-0.3, -0.25) is 0 Å². The molecule has 2 saturated carbocycles. The summed E-state index contributed by atoms with van der Waals surface area (Å²) < 4.78 is 0. The minimum atomic E-state index is 0.799. The number of hydrogen-bond donors (Lipinski definition) is 1. The van der Waals surface area contributed by atoms with Crippen LogP contribution in [0.1, 0.15) is 38.5 Å². The first-order valence-electron chi connectivity index (χ1n) is 5.73. The van der Waals surface area contributed by atoms with Crippen molar-refractivity contribution in [1.82, 2.24) is 5.32 Å². The van der Waals surface area contributed by atoms with Crippen LogP contribution in [-0.4, -0.2) is 23.6 Å². The van der Waals surface area contributed by atoms with Gasteiger partial charge in [0.1, 0.15) is 0 Å². The summed E-state index contributed by atoms with van der Waals surface area (Å²) >= 11 is 2.12. The highest BCUT2D eigenvalue weighted by Gasteiger charge is 2.55. The third kappa shape index (κ3) is 1.52. The molecule has 2 heteroatoms. The van der Waals surface area contributed by atoms with Crippen molar-refractivity contribution >= 4 is 11.8 Å². The minimum absolute atomic E-state index is 0.799. The van der Waals surface area contributed by atoms with Crippen molar-refractivity contribution in [2.24, 2.45) is 5.41 Å². The van der Waals surface area contributed by atoms with E-state index in [1.165, 1.54) is 50.0 Å². The summed E-state index contributed by atoms with van der Waals surface area (Å²) in [6, 6.07) is 1.77. The highest BCUT2D eigenvalue weighted by atomic mass is 32.2. The molecule has 74 valence electrons. The van der Waals surface area contributed by atoms with Crippen molar-refractivity contribution in [1.29, 1.82) is 0 Å². The second kappa shape index (κ2) is 3.16. The Balaban J connectivity index is 1.52. The summed E-state index contributed by atoms with van der Waals surface area (Å²) in [4.78, 5) is 0. The molecule has 3 aliphatic rings. The molecule has 0 aromatic heterocycles. The third-order valence-electron chi connectivity index (χ3n) is 4.16. The van der Waals surface area contributed by atoms with Crippen molar-refractivity contribution in [2.45, 2.75) is 50.6 Å². The van der Waals surface area contributed by atoms with E-state index >= 15 is 0 Å². The standard InChI is InChI=1S/C11H19NS/c1-2-5-11(4-1)7-10(11)12-9-3-6-13-8-9/h9-10,12H,1-8H2. The molecule has 3 fully saturated rings. The second-order valence-electron chi connectivity index (χ2n) is 5.05. The molecular weight excluding hydrogens is 178 g/mol. The molecule has 0 aromatic carbocycles. The molecule has 1 aliphatic heterocycles. The molecule has 0 amide bonds. The Labute approximate surface area is 85.0 Å². The summed E-state index contributed by atoms with van der Waals surface area (Å²) in [6.45, 7) is 0. The van der Waals surface area contributed by atoms with E-state index in [9.17, 15) is 0 Å². The maximum absolute atomic E-state index is 3.86. The van der Waals surface area contributed by atoms with Gasteiger partial charge in [-0.1, -0.05) is 12.8 Å². The normalized spacial score (nSPS) is 41.5. The molecule has 0 radical (unpaired) electrons. The first-order valence-corrected chi connectivity index (χ1v) is 6.88. The summed E-state index contributed by atoms with van der Waals surface area (Å²) in [5, 5.41) is 3.86. The van der Waals surface area contributed by atoms with E-state index < -0.39 is 0 Å². The van der Waals surface area contributed by atoms with E-state index in [1.807, 2.05) is 0 Å². The Kier molecular flexibility index (Phi) is 2.09. The highest BCUT2D eigenvalue weighted by molar-refractivity contribution is 7.99.